The second-order valence-electron chi connectivity index (χ2n) is 4.76. The Bertz CT molecular complexity index is 643. The summed E-state index contributed by atoms with van der Waals surface area (Å²) in [5, 5.41) is 12.5. The fourth-order valence-corrected chi connectivity index (χ4v) is 2.42. The molecule has 1 amide bonds. The molecule has 2 rings (SSSR count). The number of carboxylic acid groups (broad SMARTS) is 1. The summed E-state index contributed by atoms with van der Waals surface area (Å²) in [5.41, 5.74) is 1.45. The van der Waals surface area contributed by atoms with Crippen molar-refractivity contribution < 1.29 is 19.2 Å². The third-order valence-electron chi connectivity index (χ3n) is 3.03. The lowest BCUT2D eigenvalue weighted by Gasteiger charge is -2.22. The van der Waals surface area contributed by atoms with Crippen molar-refractivity contribution in [1.29, 1.82) is 0 Å². The molecule has 0 radical (unpaired) electrons. The molecular weight excluding hydrogens is 352 g/mol. The second kappa shape index (κ2) is 7.74. The number of hydrogen-bond donors (Lipinski definition) is 1. The fraction of sp³-hybridized carbons (Fsp3) is 0.267. The van der Waals surface area contributed by atoms with E-state index in [1.165, 1.54) is 11.2 Å². The number of carbonyl (C=O) groups excluding carboxylic acids is 1. The van der Waals surface area contributed by atoms with Crippen LogP contribution in [0.25, 0.3) is 0 Å². The molecule has 0 atom stereocenters. The van der Waals surface area contributed by atoms with Gasteiger partial charge in [0.25, 0.3) is 0 Å². The molecule has 0 spiro atoms. The number of carboxylic acids is 1. The molecule has 0 bridgehead atoms. The molecule has 0 fully saturated rings. The molecule has 1 aromatic carbocycles. The molecule has 0 saturated carbocycles. The predicted octanol–water partition coefficient (Wildman–Crippen LogP) is 2.48. The minimum Gasteiger partial charge on any atom is -0.481 e. The van der Waals surface area contributed by atoms with Crippen LogP contribution in [0.4, 0.5) is 0 Å². The van der Waals surface area contributed by atoms with Crippen LogP contribution in [0, 0.1) is 0 Å². The van der Waals surface area contributed by atoms with Crippen LogP contribution in [0.15, 0.2) is 45.6 Å². The molecule has 2 aromatic rings. The predicted molar refractivity (Wildman–Crippen MR) is 82.0 cm³/mol. The first-order valence-electron chi connectivity index (χ1n) is 6.68. The monoisotopic (exact) mass is 366 g/mol. The lowest BCUT2D eigenvalue weighted by Crippen LogP contribution is -2.33. The molecular formula is C15H15BrN2O4. The second-order valence-corrected chi connectivity index (χ2v) is 5.67. The molecule has 6 nitrogen and oxygen atoms in total. The minimum atomic E-state index is -0.937. The Balaban J connectivity index is 2.07. The highest BCUT2D eigenvalue weighted by molar-refractivity contribution is 9.10. The lowest BCUT2D eigenvalue weighted by atomic mass is 10.2. The summed E-state index contributed by atoms with van der Waals surface area (Å²) >= 11 is 3.38. The number of halogens is 1. The zero-order chi connectivity index (χ0) is 15.9. The van der Waals surface area contributed by atoms with Gasteiger partial charge in [0.05, 0.1) is 18.5 Å². The molecule has 0 aliphatic rings. The van der Waals surface area contributed by atoms with Gasteiger partial charge in [-0.15, -0.1) is 0 Å². The van der Waals surface area contributed by atoms with Crippen molar-refractivity contribution in [3.63, 3.8) is 0 Å². The molecule has 0 aliphatic carbocycles. The van der Waals surface area contributed by atoms with E-state index >= 15 is 0 Å². The van der Waals surface area contributed by atoms with E-state index in [0.29, 0.717) is 12.2 Å². The summed E-state index contributed by atoms with van der Waals surface area (Å²) in [4.78, 5) is 24.6. The van der Waals surface area contributed by atoms with Gasteiger partial charge in [-0.05, 0) is 17.7 Å². The molecule has 7 heteroatoms. The summed E-state index contributed by atoms with van der Waals surface area (Å²) in [6.45, 7) is 0.502. The molecule has 1 aromatic heterocycles. The Labute approximate surface area is 135 Å². The van der Waals surface area contributed by atoms with E-state index in [-0.39, 0.29) is 25.3 Å². The third-order valence-corrected chi connectivity index (χ3v) is 3.53. The van der Waals surface area contributed by atoms with Crippen LogP contribution < -0.4 is 0 Å². The Hall–Kier alpha value is -2.15. The van der Waals surface area contributed by atoms with E-state index in [1.54, 1.807) is 6.07 Å². The van der Waals surface area contributed by atoms with Crippen molar-refractivity contribution in [3.8, 4) is 0 Å². The largest absolute Gasteiger partial charge is 0.481 e. The van der Waals surface area contributed by atoms with E-state index < -0.39 is 5.97 Å². The molecule has 116 valence electrons. The van der Waals surface area contributed by atoms with E-state index in [2.05, 4.69) is 21.1 Å². The Morgan fingerprint density at radius 3 is 2.77 bits per heavy atom. The molecule has 0 saturated heterocycles. The summed E-state index contributed by atoms with van der Waals surface area (Å²) in [7, 11) is 0. The van der Waals surface area contributed by atoms with E-state index in [1.807, 2.05) is 24.3 Å². The average molecular weight is 367 g/mol. The highest BCUT2D eigenvalue weighted by Crippen LogP contribution is 2.14. The first-order chi connectivity index (χ1) is 10.5. The van der Waals surface area contributed by atoms with Crippen LogP contribution in [0.3, 0.4) is 0 Å². The van der Waals surface area contributed by atoms with Gasteiger partial charge in [0.1, 0.15) is 6.26 Å². The van der Waals surface area contributed by atoms with Crippen LogP contribution in [-0.2, 0) is 22.6 Å². The minimum absolute atomic E-state index is 0.0874. The maximum atomic E-state index is 12.4. The van der Waals surface area contributed by atoms with Crippen molar-refractivity contribution in [3.05, 3.63) is 52.3 Å². The van der Waals surface area contributed by atoms with Crippen molar-refractivity contribution >= 4 is 27.8 Å². The van der Waals surface area contributed by atoms with Crippen LogP contribution in [0.2, 0.25) is 0 Å². The topological polar surface area (TPSA) is 83.6 Å². The summed E-state index contributed by atoms with van der Waals surface area (Å²) in [5.74, 6) is -1.12. The van der Waals surface area contributed by atoms with Gasteiger partial charge < -0.3 is 14.5 Å². The average Bonchev–Trinajstić information content (AvgIpc) is 2.96. The van der Waals surface area contributed by atoms with Crippen molar-refractivity contribution in [2.24, 2.45) is 0 Å². The number of hydrogen-bond acceptors (Lipinski definition) is 4. The third kappa shape index (κ3) is 5.00. The highest BCUT2D eigenvalue weighted by atomic mass is 79.9. The van der Waals surface area contributed by atoms with Crippen LogP contribution in [0.1, 0.15) is 17.7 Å². The first kappa shape index (κ1) is 16.2. The molecule has 0 unspecified atom stereocenters. The summed E-state index contributed by atoms with van der Waals surface area (Å²) in [6, 6.07) is 9.17. The quantitative estimate of drug-likeness (QED) is 0.813. The highest BCUT2D eigenvalue weighted by Gasteiger charge is 2.17. The SMILES string of the molecule is O=C(O)CCN(Cc1cccc(Br)c1)C(=O)Cc1ccon1. The zero-order valence-corrected chi connectivity index (χ0v) is 13.3. The molecule has 1 N–H and O–H groups in total. The van der Waals surface area contributed by atoms with Gasteiger partial charge in [0.15, 0.2) is 0 Å². The van der Waals surface area contributed by atoms with E-state index in [0.717, 1.165) is 10.0 Å². The van der Waals surface area contributed by atoms with Gasteiger partial charge in [-0.1, -0.05) is 33.2 Å². The summed E-state index contributed by atoms with van der Waals surface area (Å²) < 4.78 is 5.62. The van der Waals surface area contributed by atoms with Gasteiger partial charge in [0.2, 0.25) is 5.91 Å². The van der Waals surface area contributed by atoms with E-state index in [9.17, 15) is 9.59 Å². The van der Waals surface area contributed by atoms with Crippen molar-refractivity contribution in [2.45, 2.75) is 19.4 Å². The van der Waals surface area contributed by atoms with Gasteiger partial charge in [0, 0.05) is 23.6 Å². The van der Waals surface area contributed by atoms with Crippen LogP contribution >= 0.6 is 15.9 Å². The smallest absolute Gasteiger partial charge is 0.305 e. The number of aliphatic carboxylic acids is 1. The van der Waals surface area contributed by atoms with E-state index in [4.69, 9.17) is 9.63 Å². The van der Waals surface area contributed by atoms with Gasteiger partial charge in [-0.2, -0.15) is 0 Å². The molecule has 22 heavy (non-hydrogen) atoms. The Morgan fingerprint density at radius 1 is 1.32 bits per heavy atom. The van der Waals surface area contributed by atoms with Crippen molar-refractivity contribution in [2.75, 3.05) is 6.54 Å². The molecule has 0 aliphatic heterocycles. The van der Waals surface area contributed by atoms with Gasteiger partial charge in [-0.25, -0.2) is 0 Å². The van der Waals surface area contributed by atoms with Crippen molar-refractivity contribution in [1.82, 2.24) is 10.1 Å². The maximum Gasteiger partial charge on any atom is 0.305 e. The zero-order valence-electron chi connectivity index (χ0n) is 11.7. The van der Waals surface area contributed by atoms with Crippen LogP contribution in [0.5, 0.6) is 0 Å². The fourth-order valence-electron chi connectivity index (χ4n) is 1.97. The number of aromatic nitrogens is 1. The first-order valence-corrected chi connectivity index (χ1v) is 7.47. The number of nitrogens with zero attached hydrogens (tertiary/aromatic N) is 2. The maximum absolute atomic E-state index is 12.4. The Kier molecular flexibility index (Phi) is 5.71. The Morgan fingerprint density at radius 2 is 2.14 bits per heavy atom. The van der Waals surface area contributed by atoms with Crippen LogP contribution in [-0.4, -0.2) is 33.6 Å². The van der Waals surface area contributed by atoms with Gasteiger partial charge in [-0.3, -0.25) is 9.59 Å². The molecule has 1 heterocycles. The van der Waals surface area contributed by atoms with Gasteiger partial charge >= 0.3 is 5.97 Å². The number of benzene rings is 1. The standard InChI is InChI=1S/C15H15BrN2O4/c16-12-3-1-2-11(8-12)10-18(6-4-15(20)21)14(19)9-13-5-7-22-17-13/h1-3,5,7-8H,4,6,9-10H2,(H,20,21). The normalized spacial score (nSPS) is 10.4. The lowest BCUT2D eigenvalue weighted by molar-refractivity contribution is -0.138. The number of rotatable bonds is 7. The summed E-state index contributed by atoms with van der Waals surface area (Å²) in [6.07, 6.45) is 1.39. The number of amides is 1. The number of carbonyl (C=O) groups is 2.